The number of ether oxygens (including phenoxy) is 1. The highest BCUT2D eigenvalue weighted by atomic mass is 32.1. The third-order valence-corrected chi connectivity index (χ3v) is 4.96. The number of rotatable bonds is 4. The third kappa shape index (κ3) is 2.72. The highest BCUT2D eigenvalue weighted by Gasteiger charge is 2.23. The third-order valence-electron chi connectivity index (χ3n) is 3.88. The molecule has 0 aliphatic heterocycles. The molecule has 1 aromatic carbocycles. The molecule has 0 atom stereocenters. The second-order valence-electron chi connectivity index (χ2n) is 5.52. The molecule has 130 valence electrons. The Morgan fingerprint density at radius 2 is 2.00 bits per heavy atom. The number of hydrogen-bond donors (Lipinski definition) is 1. The van der Waals surface area contributed by atoms with Gasteiger partial charge in [-0.3, -0.25) is 0 Å². The van der Waals surface area contributed by atoms with E-state index in [-0.39, 0.29) is 6.61 Å². The molecule has 7 heteroatoms. The lowest BCUT2D eigenvalue weighted by atomic mass is 10.1. The van der Waals surface area contributed by atoms with Gasteiger partial charge in [0.05, 0.1) is 35.9 Å². The van der Waals surface area contributed by atoms with Crippen molar-refractivity contribution in [2.24, 2.45) is 0 Å². The van der Waals surface area contributed by atoms with Gasteiger partial charge in [0.1, 0.15) is 9.71 Å². The summed E-state index contributed by atoms with van der Waals surface area (Å²) in [6, 6.07) is 11.5. The summed E-state index contributed by atoms with van der Waals surface area (Å²) in [6.07, 6.45) is 3.16. The van der Waals surface area contributed by atoms with Gasteiger partial charge in [-0.05, 0) is 13.0 Å². The van der Waals surface area contributed by atoms with E-state index in [0.29, 0.717) is 32.3 Å². The van der Waals surface area contributed by atoms with Crippen LogP contribution in [0.5, 0.6) is 0 Å². The molecule has 2 N–H and O–H groups in total. The van der Waals surface area contributed by atoms with Gasteiger partial charge in [0.15, 0.2) is 5.82 Å². The number of carbonyl (C=O) groups excluding carboxylic acids is 1. The van der Waals surface area contributed by atoms with Crippen molar-refractivity contribution in [2.45, 2.75) is 6.92 Å². The fourth-order valence-electron chi connectivity index (χ4n) is 2.69. The molecule has 3 heterocycles. The Kier molecular flexibility index (Phi) is 4.14. The van der Waals surface area contributed by atoms with E-state index in [1.165, 1.54) is 11.3 Å². The van der Waals surface area contributed by atoms with Crippen LogP contribution in [0.1, 0.15) is 16.6 Å². The van der Waals surface area contributed by atoms with E-state index in [9.17, 15) is 4.79 Å². The van der Waals surface area contributed by atoms with E-state index in [1.807, 2.05) is 30.3 Å². The minimum Gasteiger partial charge on any atom is -0.472 e. The minimum absolute atomic E-state index is 0.280. The van der Waals surface area contributed by atoms with Crippen LogP contribution >= 0.6 is 11.3 Å². The van der Waals surface area contributed by atoms with Crippen LogP contribution < -0.4 is 5.73 Å². The molecular formula is C19H15N3O3S. The van der Waals surface area contributed by atoms with Crippen LogP contribution in [0.2, 0.25) is 0 Å². The molecule has 26 heavy (non-hydrogen) atoms. The van der Waals surface area contributed by atoms with Gasteiger partial charge in [-0.1, -0.05) is 30.3 Å². The first kappa shape index (κ1) is 16.3. The lowest BCUT2D eigenvalue weighted by Crippen LogP contribution is -2.05. The Morgan fingerprint density at radius 3 is 2.69 bits per heavy atom. The molecule has 0 unspecified atom stereocenters. The molecule has 0 radical (unpaired) electrons. The van der Waals surface area contributed by atoms with E-state index in [0.717, 1.165) is 11.1 Å². The summed E-state index contributed by atoms with van der Waals surface area (Å²) in [5.74, 6) is 0.110. The SMILES string of the molecule is CCOC(=O)c1sc2nc(-c3ccccc3)nc(-c3ccoc3)c2c1N. The van der Waals surface area contributed by atoms with Crippen LogP contribution in [0.25, 0.3) is 32.9 Å². The zero-order valence-electron chi connectivity index (χ0n) is 13.9. The molecule has 0 spiro atoms. The van der Waals surface area contributed by atoms with E-state index < -0.39 is 5.97 Å². The van der Waals surface area contributed by atoms with Gasteiger partial charge in [0.25, 0.3) is 0 Å². The molecule has 0 aliphatic carbocycles. The van der Waals surface area contributed by atoms with Gasteiger partial charge < -0.3 is 14.9 Å². The summed E-state index contributed by atoms with van der Waals surface area (Å²) in [7, 11) is 0. The number of hydrogen-bond acceptors (Lipinski definition) is 7. The number of anilines is 1. The standard InChI is InChI=1S/C19H15N3O3S/c1-2-25-19(23)16-14(20)13-15(12-8-9-24-10-12)21-17(22-18(13)26-16)11-6-4-3-5-7-11/h3-10H,2,20H2,1H3. The first-order valence-electron chi connectivity index (χ1n) is 8.04. The average molecular weight is 365 g/mol. The summed E-state index contributed by atoms with van der Waals surface area (Å²) in [5, 5.41) is 0.638. The van der Waals surface area contributed by atoms with Gasteiger partial charge in [0, 0.05) is 11.1 Å². The molecule has 0 fully saturated rings. The summed E-state index contributed by atoms with van der Waals surface area (Å²) >= 11 is 1.21. The molecule has 3 aromatic heterocycles. The van der Waals surface area contributed by atoms with Gasteiger partial charge in [-0.25, -0.2) is 14.8 Å². The van der Waals surface area contributed by atoms with Crippen LogP contribution in [-0.4, -0.2) is 22.5 Å². The van der Waals surface area contributed by atoms with Crippen LogP contribution in [0.3, 0.4) is 0 Å². The van der Waals surface area contributed by atoms with Crippen LogP contribution in [0, 0.1) is 0 Å². The number of benzene rings is 1. The predicted molar refractivity (Wildman–Crippen MR) is 101 cm³/mol. The monoisotopic (exact) mass is 365 g/mol. The topological polar surface area (TPSA) is 91.2 Å². The van der Waals surface area contributed by atoms with Gasteiger partial charge in [-0.15, -0.1) is 11.3 Å². The maximum atomic E-state index is 12.2. The number of nitrogens with two attached hydrogens (primary N) is 1. The Morgan fingerprint density at radius 1 is 1.19 bits per heavy atom. The first-order chi connectivity index (χ1) is 12.7. The lowest BCUT2D eigenvalue weighted by molar-refractivity contribution is 0.0533. The van der Waals surface area contributed by atoms with Crippen molar-refractivity contribution in [3.63, 3.8) is 0 Å². The summed E-state index contributed by atoms with van der Waals surface area (Å²) in [6.45, 7) is 2.04. The molecule has 0 amide bonds. The van der Waals surface area contributed by atoms with Gasteiger partial charge >= 0.3 is 5.97 Å². The van der Waals surface area contributed by atoms with Gasteiger partial charge in [0.2, 0.25) is 0 Å². The molecule has 4 aromatic rings. The number of fused-ring (bicyclic) bond motifs is 1. The second kappa shape index (κ2) is 6.61. The number of nitrogens with zero attached hydrogens (tertiary/aromatic N) is 2. The van der Waals surface area contributed by atoms with Crippen molar-refractivity contribution >= 4 is 33.2 Å². The Hall–Kier alpha value is -3.19. The molecule has 0 bridgehead atoms. The van der Waals surface area contributed by atoms with Crippen molar-refractivity contribution in [2.75, 3.05) is 12.3 Å². The zero-order valence-corrected chi connectivity index (χ0v) is 14.7. The predicted octanol–water partition coefficient (Wildman–Crippen LogP) is 4.38. The smallest absolute Gasteiger partial charge is 0.350 e. The quantitative estimate of drug-likeness (QED) is 0.540. The molecule has 0 aliphatic rings. The van der Waals surface area contributed by atoms with Crippen LogP contribution in [-0.2, 0) is 4.74 Å². The van der Waals surface area contributed by atoms with Crippen molar-refractivity contribution in [3.8, 4) is 22.6 Å². The Balaban J connectivity index is 1.99. The maximum absolute atomic E-state index is 12.2. The van der Waals surface area contributed by atoms with E-state index >= 15 is 0 Å². The highest BCUT2D eigenvalue weighted by Crippen LogP contribution is 2.39. The number of furan rings is 1. The van der Waals surface area contributed by atoms with E-state index in [1.54, 1.807) is 25.5 Å². The van der Waals surface area contributed by atoms with Crippen molar-refractivity contribution < 1.29 is 13.9 Å². The van der Waals surface area contributed by atoms with Crippen molar-refractivity contribution in [1.82, 2.24) is 9.97 Å². The van der Waals surface area contributed by atoms with Crippen molar-refractivity contribution in [1.29, 1.82) is 0 Å². The molecule has 6 nitrogen and oxygen atoms in total. The first-order valence-corrected chi connectivity index (χ1v) is 8.85. The highest BCUT2D eigenvalue weighted by molar-refractivity contribution is 7.21. The Labute approximate surface area is 153 Å². The average Bonchev–Trinajstić information content (AvgIpc) is 3.30. The van der Waals surface area contributed by atoms with E-state index in [4.69, 9.17) is 19.9 Å². The number of thiophene rings is 1. The molecule has 0 saturated heterocycles. The number of carbonyl (C=O) groups is 1. The molecule has 4 rings (SSSR count). The lowest BCUT2D eigenvalue weighted by Gasteiger charge is -2.05. The normalized spacial score (nSPS) is 11.0. The largest absolute Gasteiger partial charge is 0.472 e. The summed E-state index contributed by atoms with van der Waals surface area (Å²) < 4.78 is 10.3. The van der Waals surface area contributed by atoms with Crippen LogP contribution in [0.4, 0.5) is 5.69 Å². The number of aromatic nitrogens is 2. The van der Waals surface area contributed by atoms with Crippen LogP contribution in [0.15, 0.2) is 53.3 Å². The summed E-state index contributed by atoms with van der Waals surface area (Å²) in [4.78, 5) is 22.5. The van der Waals surface area contributed by atoms with Crippen molar-refractivity contribution in [3.05, 3.63) is 53.8 Å². The molecular weight excluding hydrogens is 350 g/mol. The summed E-state index contributed by atoms with van der Waals surface area (Å²) in [5.41, 5.74) is 8.88. The fraction of sp³-hybridized carbons (Fsp3) is 0.105. The maximum Gasteiger partial charge on any atom is 0.350 e. The zero-order chi connectivity index (χ0) is 18.1. The minimum atomic E-state index is -0.451. The van der Waals surface area contributed by atoms with Gasteiger partial charge in [-0.2, -0.15) is 0 Å². The number of nitrogen functional groups attached to an aromatic ring is 1. The number of esters is 1. The molecule has 0 saturated carbocycles. The fourth-order valence-corrected chi connectivity index (χ4v) is 3.68. The second-order valence-corrected chi connectivity index (χ2v) is 6.52. The Bertz CT molecular complexity index is 1070. The van der Waals surface area contributed by atoms with E-state index in [2.05, 4.69) is 4.98 Å².